The van der Waals surface area contributed by atoms with Gasteiger partial charge in [0.05, 0.1) is 6.04 Å². The second kappa shape index (κ2) is 8.90. The van der Waals surface area contributed by atoms with Crippen molar-refractivity contribution in [3.05, 3.63) is 57.3 Å². The summed E-state index contributed by atoms with van der Waals surface area (Å²) in [6, 6.07) is 11.7. The predicted octanol–water partition coefficient (Wildman–Crippen LogP) is 4.20. The number of hydrogen-bond donors (Lipinski definition) is 1. The van der Waals surface area contributed by atoms with Gasteiger partial charge in [0.1, 0.15) is 0 Å². The Kier molecular flexibility index (Phi) is 7.87. The molecule has 0 unspecified atom stereocenters. The van der Waals surface area contributed by atoms with Crippen molar-refractivity contribution in [2.75, 3.05) is 26.2 Å². The maximum atomic E-state index is 3.45. The molecule has 0 radical (unpaired) electrons. The Morgan fingerprint density at radius 2 is 1.82 bits per heavy atom. The topological polar surface area (TPSA) is 15.3 Å². The number of aryl methyl sites for hydroxylation is 2. The van der Waals surface area contributed by atoms with Crippen molar-refractivity contribution in [1.29, 1.82) is 0 Å². The monoisotopic (exact) mass is 358 g/mol. The minimum absolute atomic E-state index is 0. The van der Waals surface area contributed by atoms with Gasteiger partial charge in [-0.3, -0.25) is 4.90 Å². The van der Waals surface area contributed by atoms with Crippen LogP contribution < -0.4 is 5.32 Å². The predicted molar refractivity (Wildman–Crippen MR) is 101 cm³/mol. The van der Waals surface area contributed by atoms with E-state index >= 15 is 0 Å². The molecule has 0 saturated carbocycles. The van der Waals surface area contributed by atoms with Crippen LogP contribution in [-0.2, 0) is 0 Å². The molecule has 1 fully saturated rings. The summed E-state index contributed by atoms with van der Waals surface area (Å²) in [7, 11) is 0. The molecule has 22 heavy (non-hydrogen) atoms. The second-order valence-electron chi connectivity index (χ2n) is 5.56. The highest BCUT2D eigenvalue weighted by atomic mass is 35.5. The molecule has 0 bridgehead atoms. The first kappa shape index (κ1) is 19.5. The molecule has 1 aliphatic rings. The summed E-state index contributed by atoms with van der Waals surface area (Å²) in [6.45, 7) is 8.83. The molecule has 1 saturated heterocycles. The van der Waals surface area contributed by atoms with E-state index < -0.39 is 0 Å². The standard InChI is InChI=1S/C17H22N2S.2ClH/c1-13-5-6-15(14(2)12-13)17(16-4-3-11-20-16)19-9-7-18-8-10-19;;/h3-6,11-12,17-18H,7-10H2,1-2H3;2*1H/t17-;;/m1../s1. The zero-order chi connectivity index (χ0) is 13.9. The summed E-state index contributed by atoms with van der Waals surface area (Å²) in [4.78, 5) is 4.07. The first-order valence-electron chi connectivity index (χ1n) is 7.31. The minimum atomic E-state index is 0. The number of nitrogens with one attached hydrogen (secondary N) is 1. The van der Waals surface area contributed by atoms with Crippen LogP contribution in [0.1, 0.15) is 27.6 Å². The Balaban J connectivity index is 0.00000121. The number of rotatable bonds is 3. The van der Waals surface area contributed by atoms with Crippen LogP contribution in [0, 0.1) is 13.8 Å². The Morgan fingerprint density at radius 1 is 1.09 bits per heavy atom. The fourth-order valence-corrected chi connectivity index (χ4v) is 3.93. The fourth-order valence-electron chi connectivity index (χ4n) is 3.05. The molecular formula is C17H24Cl2N2S. The van der Waals surface area contributed by atoms with Crippen molar-refractivity contribution in [2.24, 2.45) is 0 Å². The third kappa shape index (κ3) is 4.24. The summed E-state index contributed by atoms with van der Waals surface area (Å²) >= 11 is 1.87. The maximum absolute atomic E-state index is 3.45. The highest BCUT2D eigenvalue weighted by Gasteiger charge is 2.25. The highest BCUT2D eigenvalue weighted by molar-refractivity contribution is 7.10. The normalized spacial score (nSPS) is 16.5. The molecule has 1 aliphatic heterocycles. The van der Waals surface area contributed by atoms with Gasteiger partial charge in [-0.25, -0.2) is 0 Å². The van der Waals surface area contributed by atoms with Crippen molar-refractivity contribution in [2.45, 2.75) is 19.9 Å². The van der Waals surface area contributed by atoms with Gasteiger partial charge in [0.15, 0.2) is 0 Å². The van der Waals surface area contributed by atoms with Crippen molar-refractivity contribution in [1.82, 2.24) is 10.2 Å². The van der Waals surface area contributed by atoms with Crippen LogP contribution in [0.2, 0.25) is 0 Å². The van der Waals surface area contributed by atoms with E-state index in [1.54, 1.807) is 0 Å². The zero-order valence-electron chi connectivity index (χ0n) is 13.0. The average Bonchev–Trinajstić information content (AvgIpc) is 2.97. The smallest absolute Gasteiger partial charge is 0.0699 e. The third-order valence-electron chi connectivity index (χ3n) is 4.05. The molecule has 122 valence electrons. The van der Waals surface area contributed by atoms with E-state index in [1.807, 2.05) is 11.3 Å². The average molecular weight is 359 g/mol. The summed E-state index contributed by atoms with van der Waals surface area (Å²) < 4.78 is 0. The number of halogens is 2. The lowest BCUT2D eigenvalue weighted by atomic mass is 9.96. The van der Waals surface area contributed by atoms with Crippen molar-refractivity contribution in [3.8, 4) is 0 Å². The minimum Gasteiger partial charge on any atom is -0.314 e. The molecule has 1 aromatic heterocycles. The van der Waals surface area contributed by atoms with Gasteiger partial charge < -0.3 is 5.32 Å². The van der Waals surface area contributed by atoms with E-state index in [0.717, 1.165) is 26.2 Å². The quantitative estimate of drug-likeness (QED) is 0.884. The SMILES string of the molecule is Cc1ccc([C@H](c2cccs2)N2CCNCC2)c(C)c1.Cl.Cl. The number of nitrogens with zero attached hydrogens (tertiary/aromatic N) is 1. The van der Waals surface area contributed by atoms with Crippen molar-refractivity contribution < 1.29 is 0 Å². The number of hydrogen-bond acceptors (Lipinski definition) is 3. The number of benzene rings is 1. The first-order chi connectivity index (χ1) is 9.75. The summed E-state index contributed by atoms with van der Waals surface area (Å²) in [5.41, 5.74) is 4.21. The molecule has 1 atom stereocenters. The van der Waals surface area contributed by atoms with Gasteiger partial charge in [0.25, 0.3) is 0 Å². The molecule has 1 aromatic carbocycles. The maximum Gasteiger partial charge on any atom is 0.0699 e. The number of thiophene rings is 1. The Morgan fingerprint density at radius 3 is 2.41 bits per heavy atom. The van der Waals surface area contributed by atoms with Crippen LogP contribution in [0.4, 0.5) is 0 Å². The zero-order valence-corrected chi connectivity index (χ0v) is 15.5. The highest BCUT2D eigenvalue weighted by Crippen LogP contribution is 2.34. The molecule has 0 aliphatic carbocycles. The van der Waals surface area contributed by atoms with Gasteiger partial charge in [-0.05, 0) is 36.4 Å². The molecule has 2 heterocycles. The van der Waals surface area contributed by atoms with Crippen molar-refractivity contribution >= 4 is 36.2 Å². The molecular weight excluding hydrogens is 335 g/mol. The van der Waals surface area contributed by atoms with E-state index in [9.17, 15) is 0 Å². The summed E-state index contributed by atoms with van der Waals surface area (Å²) in [5, 5.41) is 5.64. The Bertz CT molecular complexity index is 566. The lowest BCUT2D eigenvalue weighted by Crippen LogP contribution is -2.45. The van der Waals surface area contributed by atoms with E-state index in [0.29, 0.717) is 6.04 Å². The van der Waals surface area contributed by atoms with Gasteiger partial charge in [-0.2, -0.15) is 0 Å². The molecule has 3 rings (SSSR count). The van der Waals surface area contributed by atoms with Crippen LogP contribution >= 0.6 is 36.2 Å². The summed E-state index contributed by atoms with van der Waals surface area (Å²) in [6.07, 6.45) is 0. The molecule has 0 spiro atoms. The van der Waals surface area contributed by atoms with Gasteiger partial charge in [0, 0.05) is 31.1 Å². The Hall–Kier alpha value is -0.580. The lowest BCUT2D eigenvalue weighted by molar-refractivity contribution is 0.200. The van der Waals surface area contributed by atoms with E-state index in [1.165, 1.54) is 21.6 Å². The van der Waals surface area contributed by atoms with Crippen LogP contribution in [0.25, 0.3) is 0 Å². The van der Waals surface area contributed by atoms with E-state index in [-0.39, 0.29) is 24.8 Å². The van der Waals surface area contributed by atoms with Gasteiger partial charge in [0.2, 0.25) is 0 Å². The molecule has 1 N–H and O–H groups in total. The van der Waals surface area contributed by atoms with Crippen molar-refractivity contribution in [3.63, 3.8) is 0 Å². The summed E-state index contributed by atoms with van der Waals surface area (Å²) in [5.74, 6) is 0. The van der Waals surface area contributed by atoms with Crippen LogP contribution in [-0.4, -0.2) is 31.1 Å². The molecule has 2 nitrogen and oxygen atoms in total. The fraction of sp³-hybridized carbons (Fsp3) is 0.412. The van der Waals surface area contributed by atoms with Gasteiger partial charge in [-0.1, -0.05) is 29.8 Å². The first-order valence-corrected chi connectivity index (χ1v) is 8.19. The van der Waals surface area contributed by atoms with Gasteiger partial charge >= 0.3 is 0 Å². The molecule has 2 aromatic rings. The largest absolute Gasteiger partial charge is 0.314 e. The number of piperazine rings is 1. The molecule has 5 heteroatoms. The third-order valence-corrected chi connectivity index (χ3v) is 4.97. The Labute approximate surface area is 149 Å². The van der Waals surface area contributed by atoms with E-state index in [2.05, 4.69) is 59.8 Å². The van der Waals surface area contributed by atoms with Crippen LogP contribution in [0.3, 0.4) is 0 Å². The van der Waals surface area contributed by atoms with Crippen LogP contribution in [0.15, 0.2) is 35.7 Å². The van der Waals surface area contributed by atoms with E-state index in [4.69, 9.17) is 0 Å². The van der Waals surface area contributed by atoms with Crippen LogP contribution in [0.5, 0.6) is 0 Å². The lowest BCUT2D eigenvalue weighted by Gasteiger charge is -2.35. The molecule has 0 amide bonds. The van der Waals surface area contributed by atoms with Gasteiger partial charge in [-0.15, -0.1) is 36.2 Å². The second-order valence-corrected chi connectivity index (χ2v) is 6.54.